The smallest absolute Gasteiger partial charge is 0.0392 e. The molecular weight excluding hydrogens is 262 g/mol. The Bertz CT molecular complexity index is 466. The van der Waals surface area contributed by atoms with Gasteiger partial charge in [-0.05, 0) is 48.8 Å². The predicted octanol–water partition coefficient (Wildman–Crippen LogP) is 5.61. The molecule has 1 aliphatic rings. The standard InChI is InChI=1S/C18H27NS/c1-12(2)17-9-8-13(3)10-18(17)14(4)19-15-6-5-7-16(20)11-15/h5-7,11-13,17-20H,4,8-10H2,1-3H3. The first-order chi connectivity index (χ1) is 9.47. The maximum Gasteiger partial charge on any atom is 0.0392 e. The topological polar surface area (TPSA) is 12.0 Å². The van der Waals surface area contributed by atoms with E-state index >= 15 is 0 Å². The van der Waals surface area contributed by atoms with Crippen LogP contribution in [0.25, 0.3) is 0 Å². The SMILES string of the molecule is C=C(Nc1cccc(S)c1)C1CC(C)CCC1C(C)C. The van der Waals surface area contributed by atoms with E-state index in [2.05, 4.69) is 57.4 Å². The van der Waals surface area contributed by atoms with Crippen molar-refractivity contribution in [2.45, 2.75) is 44.9 Å². The van der Waals surface area contributed by atoms with Gasteiger partial charge in [-0.2, -0.15) is 0 Å². The van der Waals surface area contributed by atoms with Gasteiger partial charge >= 0.3 is 0 Å². The van der Waals surface area contributed by atoms with E-state index in [-0.39, 0.29) is 0 Å². The highest BCUT2D eigenvalue weighted by molar-refractivity contribution is 7.80. The highest BCUT2D eigenvalue weighted by Gasteiger charge is 2.32. The highest BCUT2D eigenvalue weighted by atomic mass is 32.1. The number of benzene rings is 1. The first kappa shape index (κ1) is 15.5. The summed E-state index contributed by atoms with van der Waals surface area (Å²) in [6.45, 7) is 11.4. The van der Waals surface area contributed by atoms with Crippen molar-refractivity contribution in [1.29, 1.82) is 0 Å². The van der Waals surface area contributed by atoms with Crippen LogP contribution in [0.5, 0.6) is 0 Å². The summed E-state index contributed by atoms with van der Waals surface area (Å²) >= 11 is 4.40. The van der Waals surface area contributed by atoms with Crippen LogP contribution in [0, 0.1) is 23.7 Å². The zero-order valence-electron chi connectivity index (χ0n) is 12.9. The third-order valence-electron chi connectivity index (χ3n) is 4.62. The molecule has 1 nitrogen and oxygen atoms in total. The molecule has 1 fully saturated rings. The maximum atomic E-state index is 4.40. The second-order valence-electron chi connectivity index (χ2n) is 6.63. The third kappa shape index (κ3) is 3.82. The number of thiol groups is 1. The number of rotatable bonds is 4. The molecule has 2 rings (SSSR count). The van der Waals surface area contributed by atoms with Crippen molar-refractivity contribution in [3.8, 4) is 0 Å². The summed E-state index contributed by atoms with van der Waals surface area (Å²) in [5.74, 6) is 2.87. The summed E-state index contributed by atoms with van der Waals surface area (Å²) in [4.78, 5) is 0.986. The van der Waals surface area contributed by atoms with Crippen molar-refractivity contribution in [2.75, 3.05) is 5.32 Å². The molecule has 0 aromatic heterocycles. The van der Waals surface area contributed by atoms with Crippen LogP contribution >= 0.6 is 12.6 Å². The lowest BCUT2D eigenvalue weighted by molar-refractivity contribution is 0.171. The van der Waals surface area contributed by atoms with Gasteiger partial charge in [0.2, 0.25) is 0 Å². The molecule has 0 heterocycles. The Morgan fingerprint density at radius 3 is 2.75 bits per heavy atom. The fourth-order valence-electron chi connectivity index (χ4n) is 3.46. The van der Waals surface area contributed by atoms with Gasteiger partial charge in [0.15, 0.2) is 0 Å². The molecule has 1 N–H and O–H groups in total. The Morgan fingerprint density at radius 1 is 1.35 bits per heavy atom. The molecule has 1 saturated carbocycles. The van der Waals surface area contributed by atoms with Gasteiger partial charge in [-0.1, -0.05) is 39.8 Å². The van der Waals surface area contributed by atoms with E-state index in [1.54, 1.807) is 0 Å². The Balaban J connectivity index is 2.09. The molecule has 1 aliphatic carbocycles. The van der Waals surface area contributed by atoms with Crippen molar-refractivity contribution in [2.24, 2.45) is 23.7 Å². The summed E-state index contributed by atoms with van der Waals surface area (Å²) in [6.07, 6.45) is 3.95. The molecule has 0 saturated heterocycles. The third-order valence-corrected chi connectivity index (χ3v) is 4.90. The molecule has 3 atom stereocenters. The van der Waals surface area contributed by atoms with Gasteiger partial charge in [0.05, 0.1) is 0 Å². The molecule has 0 spiro atoms. The normalized spacial score (nSPS) is 26.6. The zero-order chi connectivity index (χ0) is 14.7. The molecule has 3 unspecified atom stereocenters. The average molecular weight is 289 g/mol. The summed E-state index contributed by atoms with van der Waals surface area (Å²) in [6, 6.07) is 8.17. The van der Waals surface area contributed by atoms with E-state index in [0.717, 1.165) is 28.3 Å². The number of anilines is 1. The van der Waals surface area contributed by atoms with Crippen LogP contribution in [0.2, 0.25) is 0 Å². The molecule has 0 amide bonds. The predicted molar refractivity (Wildman–Crippen MR) is 91.3 cm³/mol. The van der Waals surface area contributed by atoms with Crippen LogP contribution in [0.1, 0.15) is 40.0 Å². The lowest BCUT2D eigenvalue weighted by atomic mass is 9.69. The first-order valence-electron chi connectivity index (χ1n) is 7.72. The monoisotopic (exact) mass is 289 g/mol. The average Bonchev–Trinajstić information content (AvgIpc) is 2.38. The van der Waals surface area contributed by atoms with Gasteiger partial charge < -0.3 is 5.32 Å². The Labute approximate surface area is 129 Å². The molecule has 0 radical (unpaired) electrons. The molecule has 0 bridgehead atoms. The van der Waals surface area contributed by atoms with Crippen LogP contribution in [-0.4, -0.2) is 0 Å². The number of hydrogen-bond donors (Lipinski definition) is 2. The van der Waals surface area contributed by atoms with Crippen LogP contribution < -0.4 is 5.32 Å². The van der Waals surface area contributed by atoms with Crippen molar-refractivity contribution >= 4 is 18.3 Å². The molecular formula is C18H27NS. The van der Waals surface area contributed by atoms with Crippen molar-refractivity contribution < 1.29 is 0 Å². The van der Waals surface area contributed by atoms with Gasteiger partial charge in [0, 0.05) is 22.2 Å². The molecule has 20 heavy (non-hydrogen) atoms. The van der Waals surface area contributed by atoms with Crippen molar-refractivity contribution in [3.63, 3.8) is 0 Å². The van der Waals surface area contributed by atoms with Gasteiger partial charge in [0.25, 0.3) is 0 Å². The summed E-state index contributed by atoms with van der Waals surface area (Å²) in [5.41, 5.74) is 2.28. The van der Waals surface area contributed by atoms with E-state index < -0.39 is 0 Å². The lowest BCUT2D eigenvalue weighted by Gasteiger charge is -2.38. The first-order valence-corrected chi connectivity index (χ1v) is 8.17. The molecule has 0 aliphatic heterocycles. The molecule has 2 heteroatoms. The van der Waals surface area contributed by atoms with Gasteiger partial charge in [-0.25, -0.2) is 0 Å². The number of hydrogen-bond acceptors (Lipinski definition) is 2. The van der Waals surface area contributed by atoms with Crippen LogP contribution in [0.3, 0.4) is 0 Å². The Hall–Kier alpha value is -0.890. The highest BCUT2D eigenvalue weighted by Crippen LogP contribution is 2.41. The largest absolute Gasteiger partial charge is 0.359 e. The van der Waals surface area contributed by atoms with Crippen LogP contribution in [0.4, 0.5) is 5.69 Å². The maximum absolute atomic E-state index is 4.40. The fourth-order valence-corrected chi connectivity index (χ4v) is 3.69. The van der Waals surface area contributed by atoms with E-state index in [4.69, 9.17) is 0 Å². The fraction of sp³-hybridized carbons (Fsp3) is 0.556. The minimum atomic E-state index is 0.585. The summed E-state index contributed by atoms with van der Waals surface area (Å²) in [7, 11) is 0. The molecule has 1 aromatic carbocycles. The lowest BCUT2D eigenvalue weighted by Crippen LogP contribution is -2.30. The van der Waals surface area contributed by atoms with Gasteiger partial charge in [-0.15, -0.1) is 12.6 Å². The van der Waals surface area contributed by atoms with E-state index in [9.17, 15) is 0 Å². The Morgan fingerprint density at radius 2 is 2.10 bits per heavy atom. The second kappa shape index (κ2) is 6.71. The minimum absolute atomic E-state index is 0.585. The molecule has 110 valence electrons. The second-order valence-corrected chi connectivity index (χ2v) is 7.15. The number of nitrogens with one attached hydrogen (secondary N) is 1. The summed E-state index contributed by atoms with van der Waals surface area (Å²) < 4.78 is 0. The zero-order valence-corrected chi connectivity index (χ0v) is 13.8. The van der Waals surface area contributed by atoms with E-state index in [1.165, 1.54) is 25.0 Å². The Kier molecular flexibility index (Phi) is 5.20. The molecule has 1 aromatic rings. The van der Waals surface area contributed by atoms with E-state index in [1.807, 2.05) is 12.1 Å². The van der Waals surface area contributed by atoms with Crippen LogP contribution in [0.15, 0.2) is 41.4 Å². The van der Waals surface area contributed by atoms with E-state index in [0.29, 0.717) is 5.92 Å². The quantitative estimate of drug-likeness (QED) is 0.687. The van der Waals surface area contributed by atoms with Gasteiger partial charge in [0.1, 0.15) is 0 Å². The minimum Gasteiger partial charge on any atom is -0.359 e. The van der Waals surface area contributed by atoms with Crippen LogP contribution in [-0.2, 0) is 0 Å². The van der Waals surface area contributed by atoms with Crippen molar-refractivity contribution in [1.82, 2.24) is 0 Å². The van der Waals surface area contributed by atoms with Crippen molar-refractivity contribution in [3.05, 3.63) is 36.5 Å². The van der Waals surface area contributed by atoms with Gasteiger partial charge in [-0.3, -0.25) is 0 Å². The number of allylic oxidation sites excluding steroid dienone is 1. The summed E-state index contributed by atoms with van der Waals surface area (Å²) in [5, 5.41) is 3.51.